The average molecular weight is 636 g/mol. The predicted octanol–water partition coefficient (Wildman–Crippen LogP) is 10.8. The van der Waals surface area contributed by atoms with Crippen LogP contribution in [0.3, 0.4) is 0 Å². The molecule has 0 fully saturated rings. The van der Waals surface area contributed by atoms with Crippen LogP contribution in [0.1, 0.15) is 16.7 Å². The minimum Gasteiger partial charge on any atom is -0.309 e. The maximum atomic E-state index is 10.0. The third-order valence-electron chi connectivity index (χ3n) is 9.62. The van der Waals surface area contributed by atoms with Crippen LogP contribution >= 0.6 is 0 Å². The van der Waals surface area contributed by atoms with E-state index in [0.717, 1.165) is 77.2 Å². The monoisotopic (exact) mass is 635 g/mol. The minimum absolute atomic E-state index is 0.561. The van der Waals surface area contributed by atoms with Crippen molar-refractivity contribution < 1.29 is 0 Å². The van der Waals surface area contributed by atoms with Crippen LogP contribution in [0, 0.1) is 34.0 Å². The highest BCUT2D eigenvalue weighted by atomic mass is 15.0. The van der Waals surface area contributed by atoms with Gasteiger partial charge in [-0.3, -0.25) is 0 Å². The van der Waals surface area contributed by atoms with E-state index in [0.29, 0.717) is 16.7 Å². The van der Waals surface area contributed by atoms with Crippen LogP contribution in [0.25, 0.3) is 77.2 Å². The second-order valence-corrected chi connectivity index (χ2v) is 12.3. The van der Waals surface area contributed by atoms with E-state index in [2.05, 4.69) is 100 Å². The second kappa shape index (κ2) is 11.4. The molecule has 2 aromatic heterocycles. The Morgan fingerprint density at radius 1 is 0.400 bits per heavy atom. The second-order valence-electron chi connectivity index (χ2n) is 12.3. The third kappa shape index (κ3) is 4.31. The highest BCUT2D eigenvalue weighted by Gasteiger charge is 2.20. The van der Waals surface area contributed by atoms with Gasteiger partial charge in [0.1, 0.15) is 0 Å². The Kier molecular flexibility index (Phi) is 6.56. The Bertz CT molecular complexity index is 2970. The molecule has 0 amide bonds. The molecular weight excluding hydrogens is 611 g/mol. The van der Waals surface area contributed by atoms with Gasteiger partial charge >= 0.3 is 0 Å². The number of rotatable bonds is 4. The Balaban J connectivity index is 1.28. The van der Waals surface area contributed by atoms with Crippen molar-refractivity contribution in [2.75, 3.05) is 0 Å². The van der Waals surface area contributed by atoms with Crippen LogP contribution in [0.5, 0.6) is 0 Å². The number of benzene rings is 7. The smallest absolute Gasteiger partial charge is 0.0998 e. The fraction of sp³-hybridized carbons (Fsp3) is 0. The average Bonchev–Trinajstić information content (AvgIpc) is 3.70. The van der Waals surface area contributed by atoms with Crippen LogP contribution in [-0.4, -0.2) is 9.13 Å². The Labute approximate surface area is 287 Å². The lowest BCUT2D eigenvalue weighted by atomic mass is 9.92. The molecular formula is C45H25N5. The van der Waals surface area contributed by atoms with Gasteiger partial charge in [0, 0.05) is 32.8 Å². The van der Waals surface area contributed by atoms with Crippen molar-refractivity contribution in [2.45, 2.75) is 0 Å². The van der Waals surface area contributed by atoms with Gasteiger partial charge in [-0.25, -0.2) is 0 Å². The zero-order chi connectivity index (χ0) is 33.8. The predicted molar refractivity (Wildman–Crippen MR) is 200 cm³/mol. The summed E-state index contributed by atoms with van der Waals surface area (Å²) in [7, 11) is 0. The van der Waals surface area contributed by atoms with E-state index < -0.39 is 0 Å². The lowest BCUT2D eigenvalue weighted by molar-refractivity contribution is 1.18. The molecule has 0 aliphatic heterocycles. The lowest BCUT2D eigenvalue weighted by Gasteiger charge is -2.18. The van der Waals surface area contributed by atoms with Crippen LogP contribution < -0.4 is 0 Å². The van der Waals surface area contributed by atoms with Crippen molar-refractivity contribution in [3.05, 3.63) is 168 Å². The van der Waals surface area contributed by atoms with Gasteiger partial charge < -0.3 is 9.13 Å². The van der Waals surface area contributed by atoms with Crippen molar-refractivity contribution >= 4 is 43.6 Å². The summed E-state index contributed by atoms with van der Waals surface area (Å²) in [6.07, 6.45) is 0. The first-order valence-electron chi connectivity index (χ1n) is 16.3. The molecule has 5 heteroatoms. The van der Waals surface area contributed by atoms with Crippen molar-refractivity contribution in [1.82, 2.24) is 9.13 Å². The topological polar surface area (TPSA) is 81.2 Å². The van der Waals surface area contributed by atoms with Crippen molar-refractivity contribution in [2.24, 2.45) is 0 Å². The number of fused-ring (bicyclic) bond motifs is 6. The maximum Gasteiger partial charge on any atom is 0.0998 e. The standard InChI is InChI=1S/C45H25N5/c46-26-29-20-22-42-39(23-29)36-14-3-5-16-40(36)50(42)44-24-30(27-47)19-21-37(44)35-13-2-1-12-34(35)31-9-7-11-33(25-31)49-41-17-6-4-15-38(41)45-32(28-48)10-8-18-43(45)49/h1-25H. The SMILES string of the molecule is N#Cc1ccc(-c2ccccc2-c2cccc(-n3c4ccccc4c4c(C#N)cccc43)c2)c(-n2c3ccccc3c3cc(C#N)ccc32)c1. The number of nitrogens with zero attached hydrogens (tertiary/aromatic N) is 5. The minimum atomic E-state index is 0.561. The van der Waals surface area contributed by atoms with Crippen molar-refractivity contribution in [3.63, 3.8) is 0 Å². The molecule has 0 spiro atoms. The number of hydrogen-bond acceptors (Lipinski definition) is 3. The van der Waals surface area contributed by atoms with Crippen LogP contribution in [0.15, 0.2) is 152 Å². The summed E-state index contributed by atoms with van der Waals surface area (Å²) < 4.78 is 4.44. The van der Waals surface area contributed by atoms with E-state index in [1.165, 1.54) is 0 Å². The molecule has 9 aromatic rings. The quantitative estimate of drug-likeness (QED) is 0.193. The van der Waals surface area contributed by atoms with Crippen LogP contribution in [0.2, 0.25) is 0 Å². The van der Waals surface area contributed by atoms with Gasteiger partial charge in [-0.2, -0.15) is 15.8 Å². The summed E-state index contributed by atoms with van der Waals surface area (Å²) in [5, 5.41) is 33.7. The summed E-state index contributed by atoms with van der Waals surface area (Å²) in [6, 6.07) is 57.9. The molecule has 9 rings (SSSR count). The molecule has 50 heavy (non-hydrogen) atoms. The summed E-state index contributed by atoms with van der Waals surface area (Å²) in [6.45, 7) is 0. The van der Waals surface area contributed by atoms with Crippen molar-refractivity contribution in [3.8, 4) is 51.8 Å². The fourth-order valence-corrected chi connectivity index (χ4v) is 7.49. The number of para-hydroxylation sites is 2. The van der Waals surface area contributed by atoms with E-state index >= 15 is 0 Å². The summed E-state index contributed by atoms with van der Waals surface area (Å²) >= 11 is 0. The van der Waals surface area contributed by atoms with Gasteiger partial charge in [-0.05, 0) is 83.4 Å². The largest absolute Gasteiger partial charge is 0.309 e. The molecule has 7 aromatic carbocycles. The molecule has 0 atom stereocenters. The zero-order valence-corrected chi connectivity index (χ0v) is 26.7. The molecule has 0 aliphatic carbocycles. The Morgan fingerprint density at radius 2 is 1.04 bits per heavy atom. The highest BCUT2D eigenvalue weighted by Crippen LogP contribution is 2.41. The highest BCUT2D eigenvalue weighted by molar-refractivity contribution is 6.12. The molecule has 0 saturated carbocycles. The molecule has 5 nitrogen and oxygen atoms in total. The van der Waals surface area contributed by atoms with Gasteiger partial charge in [-0.15, -0.1) is 0 Å². The first-order valence-corrected chi connectivity index (χ1v) is 16.3. The molecule has 0 N–H and O–H groups in total. The van der Waals surface area contributed by atoms with E-state index in [1.807, 2.05) is 78.9 Å². The van der Waals surface area contributed by atoms with E-state index in [4.69, 9.17) is 0 Å². The van der Waals surface area contributed by atoms with Gasteiger partial charge in [0.2, 0.25) is 0 Å². The molecule has 0 aliphatic rings. The van der Waals surface area contributed by atoms with E-state index in [-0.39, 0.29) is 0 Å². The summed E-state index contributed by atoms with van der Waals surface area (Å²) in [5.41, 5.74) is 11.8. The number of hydrogen-bond donors (Lipinski definition) is 0. The van der Waals surface area contributed by atoms with Crippen LogP contribution in [0.4, 0.5) is 0 Å². The van der Waals surface area contributed by atoms with Gasteiger partial charge in [-0.1, -0.05) is 84.9 Å². The summed E-state index contributed by atoms with van der Waals surface area (Å²) in [5.74, 6) is 0. The summed E-state index contributed by atoms with van der Waals surface area (Å²) in [4.78, 5) is 0. The molecule has 0 bridgehead atoms. The zero-order valence-electron chi connectivity index (χ0n) is 26.7. The van der Waals surface area contributed by atoms with Crippen LogP contribution in [-0.2, 0) is 0 Å². The van der Waals surface area contributed by atoms with Gasteiger partial charge in [0.15, 0.2) is 0 Å². The maximum absolute atomic E-state index is 10.0. The molecule has 230 valence electrons. The lowest BCUT2D eigenvalue weighted by Crippen LogP contribution is -1.99. The van der Waals surface area contributed by atoms with E-state index in [1.54, 1.807) is 0 Å². The van der Waals surface area contributed by atoms with Gasteiger partial charge in [0.05, 0.1) is 62.7 Å². The van der Waals surface area contributed by atoms with E-state index in [9.17, 15) is 15.8 Å². The molecule has 0 unspecified atom stereocenters. The van der Waals surface area contributed by atoms with Crippen molar-refractivity contribution in [1.29, 1.82) is 15.8 Å². The molecule has 0 saturated heterocycles. The third-order valence-corrected chi connectivity index (χ3v) is 9.62. The number of nitriles is 3. The Hall–Kier alpha value is -7.39. The van der Waals surface area contributed by atoms with Gasteiger partial charge in [0.25, 0.3) is 0 Å². The first-order chi connectivity index (χ1) is 24.7. The molecule has 2 heterocycles. The Morgan fingerprint density at radius 3 is 1.84 bits per heavy atom. The first kappa shape index (κ1) is 28.8. The normalized spacial score (nSPS) is 11.1. The fourth-order valence-electron chi connectivity index (χ4n) is 7.49. The molecule has 0 radical (unpaired) electrons. The number of aromatic nitrogens is 2.